The van der Waals surface area contributed by atoms with Gasteiger partial charge in [0.15, 0.2) is 0 Å². The van der Waals surface area contributed by atoms with Gasteiger partial charge in [-0.1, -0.05) is 32.4 Å². The molecule has 0 heterocycles. The Hall–Kier alpha value is -1.27. The van der Waals surface area contributed by atoms with Gasteiger partial charge in [0.2, 0.25) is 0 Å². The molecular weight excluding hydrogens is 331 g/mol. The van der Waals surface area contributed by atoms with Gasteiger partial charge in [-0.15, -0.1) is 11.8 Å². The quantitative estimate of drug-likeness (QED) is 0.589. The number of carboxylic acids is 1. The van der Waals surface area contributed by atoms with Gasteiger partial charge in [-0.25, -0.2) is 9.18 Å². The van der Waals surface area contributed by atoms with Gasteiger partial charge in [0.25, 0.3) is 0 Å². The molecule has 22 heavy (non-hydrogen) atoms. The van der Waals surface area contributed by atoms with E-state index in [9.17, 15) is 14.0 Å². The zero-order chi connectivity index (χ0) is 16.9. The molecule has 0 radical (unpaired) electrons. The van der Waals surface area contributed by atoms with Crippen molar-refractivity contribution in [1.82, 2.24) is 0 Å². The first-order valence-corrected chi connectivity index (χ1v) is 8.09. The van der Waals surface area contributed by atoms with Crippen LogP contribution in [0.2, 0.25) is 5.02 Å². The summed E-state index contributed by atoms with van der Waals surface area (Å²) >= 11 is 7.04. The molecule has 0 fully saturated rings. The SMILES string of the molecule is CCCOC(=O)C(Sc1cc(C(=O)O)c(F)cc1Cl)C(C)C. The summed E-state index contributed by atoms with van der Waals surface area (Å²) in [6.07, 6.45) is 0.710. The number of aromatic carboxylic acids is 1. The van der Waals surface area contributed by atoms with Gasteiger partial charge in [-0.2, -0.15) is 0 Å². The standard InChI is InChI=1S/C15H18ClFO4S/c1-4-5-21-15(20)13(8(2)3)22-12-6-9(14(18)19)11(17)7-10(12)16/h6-8,13H,4-5H2,1-3H3,(H,18,19). The Balaban J connectivity index is 3.05. The summed E-state index contributed by atoms with van der Waals surface area (Å²) in [4.78, 5) is 23.4. The first kappa shape index (κ1) is 18.8. The van der Waals surface area contributed by atoms with Crippen LogP contribution in [0, 0.1) is 11.7 Å². The van der Waals surface area contributed by atoms with Gasteiger partial charge in [0, 0.05) is 4.90 Å². The van der Waals surface area contributed by atoms with Crippen LogP contribution < -0.4 is 0 Å². The normalized spacial score (nSPS) is 12.3. The molecule has 0 aliphatic heterocycles. The average molecular weight is 349 g/mol. The second-order valence-electron chi connectivity index (χ2n) is 5.02. The van der Waals surface area contributed by atoms with Crippen LogP contribution in [-0.4, -0.2) is 28.9 Å². The minimum Gasteiger partial charge on any atom is -0.478 e. The molecule has 0 aromatic heterocycles. The zero-order valence-corrected chi connectivity index (χ0v) is 14.1. The van der Waals surface area contributed by atoms with Crippen molar-refractivity contribution in [2.75, 3.05) is 6.61 Å². The third-order valence-corrected chi connectivity index (χ3v) is 4.80. The van der Waals surface area contributed by atoms with Crippen LogP contribution in [0.5, 0.6) is 0 Å². The van der Waals surface area contributed by atoms with Crippen molar-refractivity contribution in [1.29, 1.82) is 0 Å². The van der Waals surface area contributed by atoms with Crippen LogP contribution in [0.25, 0.3) is 0 Å². The van der Waals surface area contributed by atoms with E-state index in [-0.39, 0.29) is 16.9 Å². The molecular formula is C15H18ClFO4S. The van der Waals surface area contributed by atoms with E-state index in [0.717, 1.165) is 23.9 Å². The highest BCUT2D eigenvalue weighted by atomic mass is 35.5. The van der Waals surface area contributed by atoms with Crippen LogP contribution in [0.1, 0.15) is 37.6 Å². The summed E-state index contributed by atoms with van der Waals surface area (Å²) in [5.41, 5.74) is -0.476. The van der Waals surface area contributed by atoms with Gasteiger partial charge < -0.3 is 9.84 Å². The first-order chi connectivity index (χ1) is 10.3. The molecule has 1 atom stereocenters. The van der Waals surface area contributed by atoms with Gasteiger partial charge in [-0.3, -0.25) is 4.79 Å². The number of benzene rings is 1. The molecule has 0 spiro atoms. The van der Waals surface area contributed by atoms with Crippen LogP contribution in [-0.2, 0) is 9.53 Å². The number of esters is 1. The van der Waals surface area contributed by atoms with E-state index in [2.05, 4.69) is 0 Å². The second kappa shape index (κ2) is 8.39. The fraction of sp³-hybridized carbons (Fsp3) is 0.467. The lowest BCUT2D eigenvalue weighted by molar-refractivity contribution is -0.143. The number of thioether (sulfide) groups is 1. The molecule has 7 heteroatoms. The molecule has 1 aromatic carbocycles. The maximum absolute atomic E-state index is 13.5. The van der Waals surface area contributed by atoms with E-state index in [1.807, 2.05) is 20.8 Å². The lowest BCUT2D eigenvalue weighted by Gasteiger charge is -2.19. The molecule has 0 aliphatic rings. The Morgan fingerprint density at radius 2 is 2.05 bits per heavy atom. The minimum atomic E-state index is -1.38. The molecule has 0 saturated heterocycles. The summed E-state index contributed by atoms with van der Waals surface area (Å²) in [7, 11) is 0. The Labute approximate surface area is 138 Å². The largest absolute Gasteiger partial charge is 0.478 e. The summed E-state index contributed by atoms with van der Waals surface area (Å²) in [6, 6.07) is 2.09. The molecule has 4 nitrogen and oxygen atoms in total. The highest BCUT2D eigenvalue weighted by Gasteiger charge is 2.27. The van der Waals surface area contributed by atoms with Crippen LogP contribution >= 0.6 is 23.4 Å². The van der Waals surface area contributed by atoms with Crippen molar-refractivity contribution in [3.8, 4) is 0 Å². The number of ether oxygens (including phenoxy) is 1. The summed E-state index contributed by atoms with van der Waals surface area (Å²) in [6.45, 7) is 5.90. The predicted octanol–water partition coefficient (Wildman–Crippen LogP) is 4.25. The monoisotopic (exact) mass is 348 g/mol. The van der Waals surface area contributed by atoms with Crippen molar-refractivity contribution in [2.45, 2.75) is 37.3 Å². The van der Waals surface area contributed by atoms with Gasteiger partial charge >= 0.3 is 11.9 Å². The Bertz CT molecular complexity index is 563. The Morgan fingerprint density at radius 3 is 2.55 bits per heavy atom. The van der Waals surface area contributed by atoms with E-state index >= 15 is 0 Å². The van der Waals surface area contributed by atoms with E-state index in [0.29, 0.717) is 17.9 Å². The number of carbonyl (C=O) groups is 2. The van der Waals surface area contributed by atoms with Crippen molar-refractivity contribution in [2.24, 2.45) is 5.92 Å². The molecule has 1 aromatic rings. The predicted molar refractivity (Wildman–Crippen MR) is 84.1 cm³/mol. The van der Waals surface area contributed by atoms with E-state index < -0.39 is 22.6 Å². The molecule has 0 amide bonds. The smallest absolute Gasteiger partial charge is 0.338 e. The van der Waals surface area contributed by atoms with Gasteiger partial charge in [0.05, 0.1) is 17.2 Å². The molecule has 0 saturated carbocycles. The molecule has 0 bridgehead atoms. The fourth-order valence-electron chi connectivity index (χ4n) is 1.66. The van der Waals surface area contributed by atoms with Gasteiger partial charge in [-0.05, 0) is 24.5 Å². The minimum absolute atomic E-state index is 0.0521. The molecule has 122 valence electrons. The van der Waals surface area contributed by atoms with Gasteiger partial charge in [0.1, 0.15) is 11.1 Å². The zero-order valence-electron chi connectivity index (χ0n) is 12.6. The van der Waals surface area contributed by atoms with Crippen LogP contribution in [0.15, 0.2) is 17.0 Å². The number of halogens is 2. The van der Waals surface area contributed by atoms with Crippen LogP contribution in [0.4, 0.5) is 4.39 Å². The van der Waals surface area contributed by atoms with Crippen molar-refractivity contribution < 1.29 is 23.8 Å². The number of hydrogen-bond acceptors (Lipinski definition) is 4. The number of hydrogen-bond donors (Lipinski definition) is 1. The Kier molecular flexibility index (Phi) is 7.16. The molecule has 1 rings (SSSR count). The molecule has 1 N–H and O–H groups in total. The number of carboxylic acid groups (broad SMARTS) is 1. The third-order valence-electron chi connectivity index (χ3n) is 2.79. The average Bonchev–Trinajstić information content (AvgIpc) is 2.43. The van der Waals surface area contributed by atoms with E-state index in [4.69, 9.17) is 21.4 Å². The maximum Gasteiger partial charge on any atom is 0.338 e. The fourth-order valence-corrected chi connectivity index (χ4v) is 3.01. The Morgan fingerprint density at radius 1 is 1.41 bits per heavy atom. The first-order valence-electron chi connectivity index (χ1n) is 6.83. The summed E-state index contributed by atoms with van der Waals surface area (Å²) in [5.74, 6) is -2.73. The molecule has 1 unspecified atom stereocenters. The van der Waals surface area contributed by atoms with E-state index in [1.54, 1.807) is 0 Å². The number of rotatable bonds is 7. The summed E-state index contributed by atoms with van der Waals surface area (Å²) < 4.78 is 18.7. The lowest BCUT2D eigenvalue weighted by Crippen LogP contribution is -2.26. The van der Waals surface area contributed by atoms with Crippen LogP contribution in [0.3, 0.4) is 0 Å². The third kappa shape index (κ3) is 4.88. The lowest BCUT2D eigenvalue weighted by atomic mass is 10.1. The van der Waals surface area contributed by atoms with Crippen molar-refractivity contribution >= 4 is 35.3 Å². The van der Waals surface area contributed by atoms with Crippen molar-refractivity contribution in [3.63, 3.8) is 0 Å². The van der Waals surface area contributed by atoms with E-state index in [1.165, 1.54) is 0 Å². The number of carbonyl (C=O) groups excluding carboxylic acids is 1. The highest BCUT2D eigenvalue weighted by molar-refractivity contribution is 8.00. The van der Waals surface area contributed by atoms with Crippen molar-refractivity contribution in [3.05, 3.63) is 28.5 Å². The molecule has 0 aliphatic carbocycles. The topological polar surface area (TPSA) is 63.6 Å². The highest BCUT2D eigenvalue weighted by Crippen LogP contribution is 2.35. The maximum atomic E-state index is 13.5. The second-order valence-corrected chi connectivity index (χ2v) is 6.61. The summed E-state index contributed by atoms with van der Waals surface area (Å²) in [5, 5.41) is 8.49.